The predicted molar refractivity (Wildman–Crippen MR) is 122 cm³/mol. The van der Waals surface area contributed by atoms with E-state index in [2.05, 4.69) is 22.8 Å². The van der Waals surface area contributed by atoms with Gasteiger partial charge in [0, 0.05) is 30.8 Å². The molecule has 0 radical (unpaired) electrons. The SMILES string of the molecule is Cl.Cl.O=C(Nc1cccc(Oc2ccccc2)c1)[C@H]1CNC[C@@H]1c1ccccc1. The molecule has 4 nitrogen and oxygen atoms in total. The molecule has 0 unspecified atom stereocenters. The lowest BCUT2D eigenvalue weighted by Crippen LogP contribution is -2.28. The summed E-state index contributed by atoms with van der Waals surface area (Å²) in [5, 5.41) is 6.40. The van der Waals surface area contributed by atoms with Gasteiger partial charge >= 0.3 is 0 Å². The second-order valence-electron chi connectivity index (χ2n) is 6.71. The highest BCUT2D eigenvalue weighted by molar-refractivity contribution is 5.93. The van der Waals surface area contributed by atoms with Crippen molar-refractivity contribution in [2.45, 2.75) is 5.92 Å². The average molecular weight is 431 g/mol. The third-order valence-corrected chi connectivity index (χ3v) is 4.86. The highest BCUT2D eigenvalue weighted by atomic mass is 35.5. The third-order valence-electron chi connectivity index (χ3n) is 4.86. The maximum Gasteiger partial charge on any atom is 0.229 e. The van der Waals surface area contributed by atoms with Gasteiger partial charge in [0.1, 0.15) is 11.5 Å². The Morgan fingerprint density at radius 3 is 2.21 bits per heavy atom. The van der Waals surface area contributed by atoms with Crippen LogP contribution < -0.4 is 15.4 Å². The van der Waals surface area contributed by atoms with Gasteiger partial charge in [-0.3, -0.25) is 4.79 Å². The second-order valence-corrected chi connectivity index (χ2v) is 6.71. The van der Waals surface area contributed by atoms with E-state index in [-0.39, 0.29) is 42.6 Å². The van der Waals surface area contributed by atoms with Gasteiger partial charge < -0.3 is 15.4 Å². The van der Waals surface area contributed by atoms with E-state index in [1.54, 1.807) is 0 Å². The van der Waals surface area contributed by atoms with Gasteiger partial charge in [0.15, 0.2) is 0 Å². The van der Waals surface area contributed by atoms with Crippen molar-refractivity contribution < 1.29 is 9.53 Å². The van der Waals surface area contributed by atoms with Gasteiger partial charge in [-0.25, -0.2) is 0 Å². The second kappa shape index (κ2) is 10.9. The van der Waals surface area contributed by atoms with Crippen LogP contribution in [0.1, 0.15) is 11.5 Å². The molecule has 6 heteroatoms. The summed E-state index contributed by atoms with van der Waals surface area (Å²) >= 11 is 0. The summed E-state index contributed by atoms with van der Waals surface area (Å²) in [5.41, 5.74) is 1.94. The molecule has 1 fully saturated rings. The number of para-hydroxylation sites is 1. The summed E-state index contributed by atoms with van der Waals surface area (Å²) in [6, 6.07) is 27.3. The number of nitrogens with one attached hydrogen (secondary N) is 2. The molecular formula is C23H24Cl2N2O2. The van der Waals surface area contributed by atoms with E-state index in [1.807, 2.05) is 72.8 Å². The molecule has 1 amide bonds. The first-order valence-electron chi connectivity index (χ1n) is 9.19. The van der Waals surface area contributed by atoms with Crippen LogP contribution >= 0.6 is 24.8 Å². The van der Waals surface area contributed by atoms with Crippen molar-refractivity contribution >= 4 is 36.4 Å². The minimum Gasteiger partial charge on any atom is -0.457 e. The van der Waals surface area contributed by atoms with E-state index in [0.29, 0.717) is 12.3 Å². The van der Waals surface area contributed by atoms with Gasteiger partial charge in [0.05, 0.1) is 5.92 Å². The first-order valence-corrected chi connectivity index (χ1v) is 9.19. The molecule has 152 valence electrons. The van der Waals surface area contributed by atoms with Crippen LogP contribution in [0.3, 0.4) is 0 Å². The third kappa shape index (κ3) is 5.73. The molecule has 4 rings (SSSR count). The number of hydrogen-bond donors (Lipinski definition) is 2. The molecule has 3 aromatic rings. The maximum atomic E-state index is 12.9. The summed E-state index contributed by atoms with van der Waals surface area (Å²) in [5.74, 6) is 1.60. The standard InChI is InChI=1S/C23H22N2O2.2ClH/c26-23(22-16-24-15-21(22)17-8-3-1-4-9-17)25-18-10-7-13-20(14-18)27-19-11-5-2-6-12-19;;/h1-14,21-22,24H,15-16H2,(H,25,26);2*1H/t21-,22+;;/m1../s1. The van der Waals surface area contributed by atoms with Crippen molar-refractivity contribution in [3.05, 3.63) is 90.5 Å². The highest BCUT2D eigenvalue weighted by Crippen LogP contribution is 2.30. The molecule has 0 aromatic heterocycles. The Morgan fingerprint density at radius 1 is 0.828 bits per heavy atom. The molecule has 2 N–H and O–H groups in total. The minimum absolute atomic E-state index is 0. The molecule has 0 saturated carbocycles. The molecule has 0 spiro atoms. The fraction of sp³-hybridized carbons (Fsp3) is 0.174. The van der Waals surface area contributed by atoms with Crippen molar-refractivity contribution in [2.24, 2.45) is 5.92 Å². The number of carbonyl (C=O) groups excluding carboxylic acids is 1. The Balaban J connectivity index is 0.00000150. The number of ether oxygens (including phenoxy) is 1. The Hall–Kier alpha value is -2.53. The Bertz CT molecular complexity index is 907. The fourth-order valence-corrected chi connectivity index (χ4v) is 3.50. The highest BCUT2D eigenvalue weighted by Gasteiger charge is 2.33. The van der Waals surface area contributed by atoms with E-state index in [9.17, 15) is 4.79 Å². The summed E-state index contributed by atoms with van der Waals surface area (Å²) in [6.07, 6.45) is 0. The Morgan fingerprint density at radius 2 is 1.48 bits per heavy atom. The molecule has 2 atom stereocenters. The molecule has 29 heavy (non-hydrogen) atoms. The lowest BCUT2D eigenvalue weighted by Gasteiger charge is -2.19. The van der Waals surface area contributed by atoms with E-state index >= 15 is 0 Å². The molecule has 3 aromatic carbocycles. The van der Waals surface area contributed by atoms with E-state index in [1.165, 1.54) is 5.56 Å². The Kier molecular flexibility index (Phi) is 8.52. The zero-order valence-corrected chi connectivity index (χ0v) is 17.4. The molecular weight excluding hydrogens is 407 g/mol. The number of anilines is 1. The topological polar surface area (TPSA) is 50.4 Å². The van der Waals surface area contributed by atoms with Crippen LogP contribution in [0.15, 0.2) is 84.9 Å². The van der Waals surface area contributed by atoms with Gasteiger partial charge in [0.25, 0.3) is 0 Å². The van der Waals surface area contributed by atoms with Gasteiger partial charge in [-0.15, -0.1) is 24.8 Å². The van der Waals surface area contributed by atoms with Crippen molar-refractivity contribution in [2.75, 3.05) is 18.4 Å². The van der Waals surface area contributed by atoms with E-state index in [0.717, 1.165) is 18.0 Å². The zero-order valence-electron chi connectivity index (χ0n) is 15.8. The van der Waals surface area contributed by atoms with Crippen LogP contribution in [0.4, 0.5) is 5.69 Å². The first kappa shape index (κ1) is 22.8. The number of rotatable bonds is 5. The molecule has 0 bridgehead atoms. The number of benzene rings is 3. The first-order chi connectivity index (χ1) is 13.3. The maximum absolute atomic E-state index is 12.9. The van der Waals surface area contributed by atoms with Crippen molar-refractivity contribution in [1.82, 2.24) is 5.32 Å². The molecule has 1 aliphatic rings. The number of hydrogen-bond acceptors (Lipinski definition) is 3. The molecule has 0 aliphatic carbocycles. The minimum atomic E-state index is -0.0916. The number of amides is 1. The van der Waals surface area contributed by atoms with Crippen molar-refractivity contribution in [3.8, 4) is 11.5 Å². The molecule has 1 saturated heterocycles. The van der Waals surface area contributed by atoms with Crippen LogP contribution in [-0.4, -0.2) is 19.0 Å². The van der Waals surface area contributed by atoms with E-state index in [4.69, 9.17) is 4.74 Å². The van der Waals surface area contributed by atoms with Crippen LogP contribution in [0.5, 0.6) is 11.5 Å². The predicted octanol–water partition coefficient (Wildman–Crippen LogP) is 5.26. The Labute approximate surface area is 183 Å². The summed E-state index contributed by atoms with van der Waals surface area (Å²) in [6.45, 7) is 1.50. The monoisotopic (exact) mass is 430 g/mol. The quantitative estimate of drug-likeness (QED) is 0.579. The van der Waals surface area contributed by atoms with Crippen molar-refractivity contribution in [3.63, 3.8) is 0 Å². The summed E-state index contributed by atoms with van der Waals surface area (Å²) in [7, 11) is 0. The smallest absolute Gasteiger partial charge is 0.229 e. The van der Waals surface area contributed by atoms with Crippen LogP contribution in [0, 0.1) is 5.92 Å². The van der Waals surface area contributed by atoms with Crippen LogP contribution in [-0.2, 0) is 4.79 Å². The largest absolute Gasteiger partial charge is 0.457 e. The lowest BCUT2D eigenvalue weighted by atomic mass is 9.88. The van der Waals surface area contributed by atoms with Crippen LogP contribution in [0.2, 0.25) is 0 Å². The fourth-order valence-electron chi connectivity index (χ4n) is 3.50. The zero-order chi connectivity index (χ0) is 18.5. The summed E-state index contributed by atoms with van der Waals surface area (Å²) < 4.78 is 5.85. The van der Waals surface area contributed by atoms with Crippen LogP contribution in [0.25, 0.3) is 0 Å². The normalized spacial score (nSPS) is 17.5. The van der Waals surface area contributed by atoms with Gasteiger partial charge in [-0.2, -0.15) is 0 Å². The van der Waals surface area contributed by atoms with Gasteiger partial charge in [0.2, 0.25) is 5.91 Å². The number of halogens is 2. The molecule has 1 aliphatic heterocycles. The molecule has 1 heterocycles. The van der Waals surface area contributed by atoms with E-state index < -0.39 is 0 Å². The number of carbonyl (C=O) groups is 1. The summed E-state index contributed by atoms with van der Waals surface area (Å²) in [4.78, 5) is 12.9. The van der Waals surface area contributed by atoms with Crippen molar-refractivity contribution in [1.29, 1.82) is 0 Å². The lowest BCUT2D eigenvalue weighted by molar-refractivity contribution is -0.119. The average Bonchev–Trinajstić information content (AvgIpc) is 3.20. The van der Waals surface area contributed by atoms with Gasteiger partial charge in [-0.1, -0.05) is 54.6 Å². The van der Waals surface area contributed by atoms with Gasteiger partial charge in [-0.05, 0) is 29.8 Å².